The van der Waals surface area contributed by atoms with Crippen LogP contribution in [0.15, 0.2) is 24.3 Å². The topological polar surface area (TPSA) is 82.1 Å². The second-order valence-corrected chi connectivity index (χ2v) is 7.20. The van der Waals surface area contributed by atoms with Gasteiger partial charge in [0.15, 0.2) is 0 Å². The Morgan fingerprint density at radius 1 is 0.926 bits per heavy atom. The minimum atomic E-state index is -0.819. The number of ether oxygens (including phenoxy) is 1. The summed E-state index contributed by atoms with van der Waals surface area (Å²) in [6, 6.07) is 6.41. The number of nitrogens with one attached hydrogen (secondary N) is 1. The minimum absolute atomic E-state index is 0.149. The molecular weight excluding hydrogens is 346 g/mol. The summed E-state index contributed by atoms with van der Waals surface area (Å²) in [5.74, 6) is -0.819. The van der Waals surface area contributed by atoms with Crippen molar-refractivity contribution < 1.29 is 19.4 Å². The second-order valence-electron chi connectivity index (χ2n) is 7.20. The van der Waals surface area contributed by atoms with Gasteiger partial charge in [0.1, 0.15) is 6.04 Å². The maximum Gasteiger partial charge on any atom is 0.325 e. The highest BCUT2D eigenvalue weighted by molar-refractivity contribution is 5.89. The molecule has 2 heterocycles. The van der Waals surface area contributed by atoms with E-state index >= 15 is 0 Å². The van der Waals surface area contributed by atoms with Crippen molar-refractivity contribution in [2.75, 3.05) is 44.7 Å². The number of amides is 2. The number of nitrogens with zero attached hydrogens (tertiary/aromatic N) is 2. The van der Waals surface area contributed by atoms with E-state index in [0.717, 1.165) is 44.3 Å². The predicted molar refractivity (Wildman–Crippen MR) is 103 cm³/mol. The van der Waals surface area contributed by atoms with Gasteiger partial charge in [-0.2, -0.15) is 0 Å². The first kappa shape index (κ1) is 19.6. The van der Waals surface area contributed by atoms with E-state index in [1.54, 1.807) is 17.0 Å². The van der Waals surface area contributed by atoms with Crippen molar-refractivity contribution in [2.45, 2.75) is 38.1 Å². The summed E-state index contributed by atoms with van der Waals surface area (Å²) >= 11 is 0. The predicted octanol–water partition coefficient (Wildman–Crippen LogP) is 2.94. The molecule has 0 aliphatic carbocycles. The molecule has 1 aromatic rings. The van der Waals surface area contributed by atoms with Crippen molar-refractivity contribution in [3.05, 3.63) is 29.8 Å². The number of rotatable bonds is 4. The molecule has 148 valence electrons. The highest BCUT2D eigenvalue weighted by atomic mass is 16.5. The Morgan fingerprint density at radius 2 is 1.52 bits per heavy atom. The summed E-state index contributed by atoms with van der Waals surface area (Å²) in [6.45, 7) is 3.91. The maximum atomic E-state index is 12.3. The van der Waals surface area contributed by atoms with Crippen LogP contribution in [0.2, 0.25) is 0 Å². The molecule has 0 spiro atoms. The van der Waals surface area contributed by atoms with Gasteiger partial charge >= 0.3 is 12.0 Å². The van der Waals surface area contributed by atoms with Gasteiger partial charge in [-0.15, -0.1) is 0 Å². The highest BCUT2D eigenvalue weighted by Gasteiger charge is 2.27. The number of benzene rings is 1. The summed E-state index contributed by atoms with van der Waals surface area (Å²) in [5, 5.41) is 12.7. The van der Waals surface area contributed by atoms with Gasteiger partial charge in [-0.25, -0.2) is 4.79 Å². The number of likely N-dealkylation sites (tertiary alicyclic amines) is 1. The fraction of sp³-hybridized carbons (Fsp3) is 0.600. The number of carbonyl (C=O) groups is 2. The van der Waals surface area contributed by atoms with Gasteiger partial charge in [-0.1, -0.05) is 31.4 Å². The number of morpholine rings is 1. The molecular formula is C20H29N3O4. The third-order valence-electron chi connectivity index (χ3n) is 5.27. The fourth-order valence-corrected chi connectivity index (χ4v) is 3.76. The van der Waals surface area contributed by atoms with Crippen LogP contribution in [0.5, 0.6) is 0 Å². The van der Waals surface area contributed by atoms with Gasteiger partial charge in [0.05, 0.1) is 13.2 Å². The van der Waals surface area contributed by atoms with Crippen LogP contribution in [0, 0.1) is 0 Å². The van der Waals surface area contributed by atoms with Gasteiger partial charge in [0, 0.05) is 18.8 Å². The molecule has 0 bridgehead atoms. The molecule has 2 N–H and O–H groups in total. The number of hydrogen-bond donors (Lipinski definition) is 2. The van der Waals surface area contributed by atoms with Crippen LogP contribution in [0.25, 0.3) is 0 Å². The molecule has 2 amide bonds. The number of urea groups is 1. The Balaban J connectivity index is 1.65. The van der Waals surface area contributed by atoms with Crippen LogP contribution in [0.1, 0.15) is 43.7 Å². The maximum absolute atomic E-state index is 12.3. The zero-order chi connectivity index (χ0) is 19.1. The normalized spacial score (nSPS) is 20.4. The van der Waals surface area contributed by atoms with E-state index in [2.05, 4.69) is 10.2 Å². The summed E-state index contributed by atoms with van der Waals surface area (Å²) < 4.78 is 5.26. The Hall–Kier alpha value is -2.12. The lowest BCUT2D eigenvalue weighted by molar-refractivity contribution is -0.143. The summed E-state index contributed by atoms with van der Waals surface area (Å²) in [6.07, 6.45) is 5.64. The number of carbonyl (C=O) groups excluding carboxylic acids is 1. The summed E-state index contributed by atoms with van der Waals surface area (Å²) in [7, 11) is 0. The van der Waals surface area contributed by atoms with Crippen LogP contribution >= 0.6 is 0 Å². The summed E-state index contributed by atoms with van der Waals surface area (Å²) in [4.78, 5) is 28.0. The van der Waals surface area contributed by atoms with E-state index in [1.165, 1.54) is 6.42 Å². The van der Waals surface area contributed by atoms with Crippen LogP contribution < -0.4 is 5.32 Å². The molecule has 7 nitrogen and oxygen atoms in total. The van der Waals surface area contributed by atoms with E-state index in [1.807, 2.05) is 12.1 Å². The molecule has 1 aromatic carbocycles. The number of anilines is 1. The molecule has 2 saturated heterocycles. The van der Waals surface area contributed by atoms with Gasteiger partial charge in [0.25, 0.3) is 0 Å². The van der Waals surface area contributed by atoms with Gasteiger partial charge < -0.3 is 20.1 Å². The molecule has 2 aliphatic heterocycles. The van der Waals surface area contributed by atoms with Crippen molar-refractivity contribution in [3.8, 4) is 0 Å². The molecule has 0 radical (unpaired) electrons. The van der Waals surface area contributed by atoms with Crippen LogP contribution in [0.3, 0.4) is 0 Å². The van der Waals surface area contributed by atoms with Crippen molar-refractivity contribution in [1.29, 1.82) is 0 Å². The van der Waals surface area contributed by atoms with Crippen LogP contribution in [-0.4, -0.2) is 66.3 Å². The third-order valence-corrected chi connectivity index (χ3v) is 5.27. The summed E-state index contributed by atoms with van der Waals surface area (Å²) in [5.41, 5.74) is 1.43. The second kappa shape index (κ2) is 9.71. The van der Waals surface area contributed by atoms with Crippen LogP contribution in [0.4, 0.5) is 10.5 Å². The van der Waals surface area contributed by atoms with Crippen molar-refractivity contribution >= 4 is 17.7 Å². The highest BCUT2D eigenvalue weighted by Crippen LogP contribution is 2.25. The van der Waals surface area contributed by atoms with Crippen molar-refractivity contribution in [2.24, 2.45) is 0 Å². The van der Waals surface area contributed by atoms with Crippen molar-refractivity contribution in [1.82, 2.24) is 9.80 Å². The average molecular weight is 375 g/mol. The largest absolute Gasteiger partial charge is 0.480 e. The fourth-order valence-electron chi connectivity index (χ4n) is 3.76. The quantitative estimate of drug-likeness (QED) is 0.846. The molecule has 0 unspecified atom stereocenters. The van der Waals surface area contributed by atoms with E-state index < -0.39 is 12.0 Å². The number of aliphatic carboxylic acids is 1. The average Bonchev–Trinajstić information content (AvgIpc) is 2.65. The number of hydrogen-bond acceptors (Lipinski definition) is 4. The molecule has 1 atom stereocenters. The zero-order valence-electron chi connectivity index (χ0n) is 15.7. The Kier molecular flexibility index (Phi) is 7.06. The first-order chi connectivity index (χ1) is 13.1. The number of carboxylic acid groups (broad SMARTS) is 1. The molecule has 2 aliphatic rings. The standard InChI is InChI=1S/C20H29N3O4/c24-19(25)18(22-10-4-2-1-3-5-11-22)16-6-8-17(9-7-16)21-20(26)23-12-14-27-15-13-23/h6-9,18H,1-5,10-15H2,(H,21,26)(H,24,25)/t18-/m1/s1. The molecule has 0 saturated carbocycles. The molecule has 27 heavy (non-hydrogen) atoms. The third kappa shape index (κ3) is 5.43. The SMILES string of the molecule is O=C(O)[C@@H](c1ccc(NC(=O)N2CCOCC2)cc1)N1CCCCCCC1. The first-order valence-corrected chi connectivity index (χ1v) is 9.85. The zero-order valence-corrected chi connectivity index (χ0v) is 15.7. The Morgan fingerprint density at radius 3 is 2.11 bits per heavy atom. The van der Waals surface area contributed by atoms with Crippen molar-refractivity contribution in [3.63, 3.8) is 0 Å². The minimum Gasteiger partial charge on any atom is -0.480 e. The van der Waals surface area contributed by atoms with E-state index in [0.29, 0.717) is 32.0 Å². The monoisotopic (exact) mass is 375 g/mol. The molecule has 2 fully saturated rings. The smallest absolute Gasteiger partial charge is 0.325 e. The Bertz CT molecular complexity index is 621. The number of carboxylic acids is 1. The molecule has 0 aromatic heterocycles. The van der Waals surface area contributed by atoms with E-state index in [-0.39, 0.29) is 6.03 Å². The van der Waals surface area contributed by atoms with E-state index in [9.17, 15) is 14.7 Å². The lowest BCUT2D eigenvalue weighted by Crippen LogP contribution is -2.43. The Labute approximate surface area is 160 Å². The first-order valence-electron chi connectivity index (χ1n) is 9.85. The van der Waals surface area contributed by atoms with Gasteiger partial charge in [-0.3, -0.25) is 9.69 Å². The van der Waals surface area contributed by atoms with E-state index in [4.69, 9.17) is 4.74 Å². The lowest BCUT2D eigenvalue weighted by Gasteiger charge is -2.30. The van der Waals surface area contributed by atoms with Crippen LogP contribution in [-0.2, 0) is 9.53 Å². The van der Waals surface area contributed by atoms with Gasteiger partial charge in [-0.05, 0) is 43.6 Å². The molecule has 3 rings (SSSR count). The van der Waals surface area contributed by atoms with Gasteiger partial charge in [0.2, 0.25) is 0 Å². The molecule has 7 heteroatoms. The lowest BCUT2D eigenvalue weighted by atomic mass is 10.0.